The van der Waals surface area contributed by atoms with Crippen molar-refractivity contribution in [1.29, 1.82) is 0 Å². The van der Waals surface area contributed by atoms with Crippen LogP contribution in [0.1, 0.15) is 66.2 Å². The summed E-state index contributed by atoms with van der Waals surface area (Å²) < 4.78 is 10.9. The van der Waals surface area contributed by atoms with Gasteiger partial charge in [-0.15, -0.1) is 0 Å². The van der Waals surface area contributed by atoms with E-state index in [1.54, 1.807) is 6.26 Å². The van der Waals surface area contributed by atoms with Gasteiger partial charge >= 0.3 is 120 Å². The van der Waals surface area contributed by atoms with E-state index in [1.807, 2.05) is 0 Å². The minimum atomic E-state index is -2.12. The van der Waals surface area contributed by atoms with E-state index in [0.717, 1.165) is 0 Å². The second kappa shape index (κ2) is 11.2. The van der Waals surface area contributed by atoms with E-state index in [0.29, 0.717) is 4.12 Å². The molecule has 0 saturated heterocycles. The molecule has 1 nitrogen and oxygen atoms in total. The van der Waals surface area contributed by atoms with Gasteiger partial charge < -0.3 is 0 Å². The zero-order chi connectivity index (χ0) is 13.9. The molecule has 0 N–H and O–H groups in total. The maximum atomic E-state index is 5.86. The molecule has 0 aliphatic carbocycles. The topological polar surface area (TPSA) is 9.23 Å². The normalized spacial score (nSPS) is 13.3. The molecule has 0 rings (SSSR count). The fraction of sp³-hybridized carbons (Fsp3) is 0.875. The second-order valence-electron chi connectivity index (χ2n) is 5.62. The van der Waals surface area contributed by atoms with Gasteiger partial charge in [-0.25, -0.2) is 0 Å². The zero-order valence-electron chi connectivity index (χ0n) is 13.1. The van der Waals surface area contributed by atoms with Crippen LogP contribution in [0.5, 0.6) is 0 Å². The van der Waals surface area contributed by atoms with Crippen molar-refractivity contribution < 1.29 is 4.74 Å². The molecule has 0 saturated carbocycles. The van der Waals surface area contributed by atoms with Crippen LogP contribution in [0.25, 0.3) is 0 Å². The van der Waals surface area contributed by atoms with Crippen LogP contribution < -0.4 is 0 Å². The molecule has 0 bridgehead atoms. The molecule has 18 heavy (non-hydrogen) atoms. The third-order valence-corrected chi connectivity index (χ3v) is 21.1. The van der Waals surface area contributed by atoms with Gasteiger partial charge in [0.15, 0.2) is 0 Å². The first-order valence-corrected chi connectivity index (χ1v) is 15.6. The van der Waals surface area contributed by atoms with E-state index in [4.69, 9.17) is 4.74 Å². The van der Waals surface area contributed by atoms with Gasteiger partial charge in [-0.2, -0.15) is 0 Å². The Morgan fingerprint density at radius 1 is 0.944 bits per heavy atom. The Morgan fingerprint density at radius 2 is 1.33 bits per heavy atom. The molecule has 108 valence electrons. The summed E-state index contributed by atoms with van der Waals surface area (Å²) in [5.74, 6) is 0. The molecule has 0 aliphatic heterocycles. The van der Waals surface area contributed by atoms with Crippen LogP contribution in [0.15, 0.2) is 12.8 Å². The summed E-state index contributed by atoms with van der Waals surface area (Å²) in [7, 11) is 0. The van der Waals surface area contributed by atoms with Crippen molar-refractivity contribution in [3.63, 3.8) is 0 Å². The summed E-state index contributed by atoms with van der Waals surface area (Å²) in [5, 5.41) is 0. The van der Waals surface area contributed by atoms with Crippen molar-refractivity contribution >= 4 is 18.4 Å². The first-order chi connectivity index (χ1) is 8.66. The quantitative estimate of drug-likeness (QED) is 0.310. The summed E-state index contributed by atoms with van der Waals surface area (Å²) in [6.45, 7) is 13.0. The molecule has 1 unspecified atom stereocenters. The second-order valence-corrected chi connectivity index (χ2v) is 20.0. The van der Waals surface area contributed by atoms with Crippen molar-refractivity contribution in [3.05, 3.63) is 12.8 Å². The molecule has 0 aromatic heterocycles. The molecule has 1 atom stereocenters. The number of unbranched alkanes of at least 4 members (excludes halogenated alkanes) is 3. The first-order valence-electron chi connectivity index (χ1n) is 7.93. The Hall–Kier alpha value is 0.339. The number of ether oxygens (including phenoxy) is 1. The molecule has 0 aliphatic rings. The zero-order valence-corrected chi connectivity index (χ0v) is 16.0. The number of hydrogen-bond donors (Lipinski definition) is 0. The summed E-state index contributed by atoms with van der Waals surface area (Å²) in [5.41, 5.74) is 0. The molecule has 0 aromatic carbocycles. The van der Waals surface area contributed by atoms with Crippen molar-refractivity contribution in [2.45, 2.75) is 83.6 Å². The summed E-state index contributed by atoms with van der Waals surface area (Å²) >= 11 is -2.12. The molecule has 0 spiro atoms. The molecular formula is C16H34OSn. The standard InChI is InChI=1S/C4H7O.3C4H9.Sn/c1-3-5-4-2;3*1-3-4-2;/h3-4H,1H2,2H3;3*1,3-4H2,2H3;. The van der Waals surface area contributed by atoms with Crippen LogP contribution >= 0.6 is 0 Å². The minimum absolute atomic E-state index is 0.515. The SMILES string of the molecule is C=CO[CH](C)[Sn]([CH2]CCC)([CH2]CCC)[CH2]CCC. The van der Waals surface area contributed by atoms with Gasteiger partial charge in [-0.05, 0) is 0 Å². The molecule has 0 amide bonds. The van der Waals surface area contributed by atoms with E-state index in [1.165, 1.54) is 51.8 Å². The third kappa shape index (κ3) is 6.49. The summed E-state index contributed by atoms with van der Waals surface area (Å²) in [4.78, 5) is 0. The van der Waals surface area contributed by atoms with E-state index in [2.05, 4.69) is 34.3 Å². The van der Waals surface area contributed by atoms with E-state index in [9.17, 15) is 0 Å². The first kappa shape index (κ1) is 18.3. The van der Waals surface area contributed by atoms with Crippen molar-refractivity contribution in [2.24, 2.45) is 0 Å². The van der Waals surface area contributed by atoms with Gasteiger partial charge in [0, 0.05) is 0 Å². The predicted molar refractivity (Wildman–Crippen MR) is 85.6 cm³/mol. The fourth-order valence-corrected chi connectivity index (χ4v) is 18.6. The van der Waals surface area contributed by atoms with Gasteiger partial charge in [-0.1, -0.05) is 0 Å². The van der Waals surface area contributed by atoms with Crippen LogP contribution in [0.4, 0.5) is 0 Å². The van der Waals surface area contributed by atoms with E-state index >= 15 is 0 Å². The maximum absolute atomic E-state index is 5.86. The number of hydrogen-bond acceptors (Lipinski definition) is 1. The van der Waals surface area contributed by atoms with Crippen molar-refractivity contribution in [2.75, 3.05) is 0 Å². The Balaban J connectivity index is 4.77. The third-order valence-electron chi connectivity index (χ3n) is 4.25. The Bertz CT molecular complexity index is 181. The molecule has 2 heteroatoms. The van der Waals surface area contributed by atoms with Gasteiger partial charge in [-0.3, -0.25) is 0 Å². The van der Waals surface area contributed by atoms with Crippen LogP contribution in [-0.4, -0.2) is 22.5 Å². The Labute approximate surface area is 119 Å². The number of rotatable bonds is 12. The molecular weight excluding hydrogens is 327 g/mol. The molecule has 0 radical (unpaired) electrons. The molecule has 0 heterocycles. The van der Waals surface area contributed by atoms with Gasteiger partial charge in [0.25, 0.3) is 0 Å². The Morgan fingerprint density at radius 3 is 1.61 bits per heavy atom. The monoisotopic (exact) mass is 362 g/mol. The average Bonchev–Trinajstić information content (AvgIpc) is 2.38. The molecule has 0 aromatic rings. The van der Waals surface area contributed by atoms with Crippen molar-refractivity contribution in [1.82, 2.24) is 0 Å². The fourth-order valence-electron chi connectivity index (χ4n) is 2.86. The Kier molecular flexibility index (Phi) is 11.4. The average molecular weight is 361 g/mol. The van der Waals surface area contributed by atoms with E-state index in [-0.39, 0.29) is 0 Å². The van der Waals surface area contributed by atoms with Crippen LogP contribution in [-0.2, 0) is 4.74 Å². The van der Waals surface area contributed by atoms with Crippen molar-refractivity contribution in [3.8, 4) is 0 Å². The molecule has 0 fully saturated rings. The van der Waals surface area contributed by atoms with Gasteiger partial charge in [0.1, 0.15) is 0 Å². The van der Waals surface area contributed by atoms with Crippen LogP contribution in [0.3, 0.4) is 0 Å². The van der Waals surface area contributed by atoms with E-state index < -0.39 is 18.4 Å². The van der Waals surface area contributed by atoms with Crippen LogP contribution in [0, 0.1) is 0 Å². The van der Waals surface area contributed by atoms with Gasteiger partial charge in [0.05, 0.1) is 0 Å². The summed E-state index contributed by atoms with van der Waals surface area (Å²) in [6, 6.07) is 0. The van der Waals surface area contributed by atoms with Crippen LogP contribution in [0.2, 0.25) is 13.3 Å². The predicted octanol–water partition coefficient (Wildman–Crippen LogP) is 5.92. The van der Waals surface area contributed by atoms with Gasteiger partial charge in [0.2, 0.25) is 0 Å². The summed E-state index contributed by atoms with van der Waals surface area (Å²) in [6.07, 6.45) is 9.91.